The summed E-state index contributed by atoms with van der Waals surface area (Å²) in [5.74, 6) is 1.04. The highest BCUT2D eigenvalue weighted by Crippen LogP contribution is 2.43. The summed E-state index contributed by atoms with van der Waals surface area (Å²) < 4.78 is 5.72. The van der Waals surface area contributed by atoms with E-state index >= 15 is 0 Å². The maximum absolute atomic E-state index is 14.0. The molecule has 50 heavy (non-hydrogen) atoms. The van der Waals surface area contributed by atoms with E-state index in [1.807, 2.05) is 60.0 Å². The first-order chi connectivity index (χ1) is 24.1. The molecule has 12 nitrogen and oxygen atoms in total. The minimum Gasteiger partial charge on any atom is -0.475 e. The van der Waals surface area contributed by atoms with Crippen LogP contribution in [-0.2, 0) is 9.59 Å². The smallest absolute Gasteiger partial charge is 0.281 e. The summed E-state index contributed by atoms with van der Waals surface area (Å²) in [5.41, 5.74) is 17.6. The Bertz CT molecular complexity index is 1870. The third-order valence-corrected chi connectivity index (χ3v) is 9.75. The number of aromatic nitrogens is 1. The van der Waals surface area contributed by atoms with E-state index in [2.05, 4.69) is 25.9 Å². The van der Waals surface area contributed by atoms with E-state index in [0.29, 0.717) is 80.6 Å². The lowest BCUT2D eigenvalue weighted by atomic mass is 9.85. The van der Waals surface area contributed by atoms with Crippen LogP contribution in [0.5, 0.6) is 5.88 Å². The van der Waals surface area contributed by atoms with E-state index in [1.165, 1.54) is 5.57 Å². The Morgan fingerprint density at radius 3 is 2.60 bits per heavy atom. The van der Waals surface area contributed by atoms with Crippen LogP contribution in [0, 0.1) is 10.8 Å². The van der Waals surface area contributed by atoms with Crippen molar-refractivity contribution in [1.29, 1.82) is 5.41 Å². The number of nitrogen functional groups attached to an aromatic ring is 1. The van der Waals surface area contributed by atoms with Crippen molar-refractivity contribution in [2.24, 2.45) is 16.1 Å². The highest BCUT2D eigenvalue weighted by atomic mass is 16.5. The number of hydrogen-bond donors (Lipinski definition) is 4. The number of hydrogen-bond acceptors (Lipinski definition) is 7. The minimum absolute atomic E-state index is 0.0433. The lowest BCUT2D eigenvalue weighted by Gasteiger charge is -2.29. The zero-order chi connectivity index (χ0) is 35.4. The maximum Gasteiger partial charge on any atom is 0.281 e. The fraction of sp³-hybridized carbons (Fsp3) is 0.368. The number of aliphatic imine (C=N–C) groups is 1. The van der Waals surface area contributed by atoms with Gasteiger partial charge in [0.2, 0.25) is 23.5 Å². The zero-order valence-electron chi connectivity index (χ0n) is 29.0. The molecule has 3 aromatic rings. The fourth-order valence-electron chi connectivity index (χ4n) is 7.01. The monoisotopic (exact) mass is 676 g/mol. The molecule has 0 unspecified atom stereocenters. The van der Waals surface area contributed by atoms with Gasteiger partial charge in [-0.3, -0.25) is 24.9 Å². The Labute approximate surface area is 293 Å². The Morgan fingerprint density at radius 2 is 1.88 bits per heavy atom. The molecule has 6 N–H and O–H groups in total. The van der Waals surface area contributed by atoms with Crippen LogP contribution in [0.15, 0.2) is 71.9 Å². The standard InChI is InChI=1S/C38H45N9O3/c1-25(2)50-33-20-29(10-15-43-33)35(40)31-21-30(8-9-32(31)39)47-19-14-38(37(47)49)13-18-45(23-38)22-34(48)46-16-11-27(12-17-46)26-4-6-28(7-5-26)36(41)44-24-42-3/h4-11,15,20-21,24-25,40H,12-14,16-19,22-23,39H2,1-3H3,(H2,41,42,44)/p+1/t38-/m0/s1. The van der Waals surface area contributed by atoms with Gasteiger partial charge in [0.05, 0.1) is 30.8 Å². The molecule has 3 aliphatic heterocycles. The summed E-state index contributed by atoms with van der Waals surface area (Å²) in [6.45, 7) is 7.19. The van der Waals surface area contributed by atoms with E-state index < -0.39 is 5.41 Å². The number of anilines is 2. The average Bonchev–Trinajstić information content (AvgIpc) is 3.68. The summed E-state index contributed by atoms with van der Waals surface area (Å²) in [4.78, 5) is 44.5. The number of amides is 2. The minimum atomic E-state index is -0.524. The molecular weight excluding hydrogens is 630 g/mol. The Balaban J connectivity index is 1.06. The molecule has 0 radical (unpaired) electrons. The molecule has 0 saturated carbocycles. The van der Waals surface area contributed by atoms with Crippen LogP contribution in [0.25, 0.3) is 5.57 Å². The van der Waals surface area contributed by atoms with E-state index in [9.17, 15) is 9.59 Å². The molecule has 4 heterocycles. The number of carbonyl (C=O) groups excluding carboxylic acids is 2. The van der Waals surface area contributed by atoms with Crippen LogP contribution in [0.4, 0.5) is 11.4 Å². The number of likely N-dealkylation sites (tertiary alicyclic amines) is 1. The van der Waals surface area contributed by atoms with Crippen molar-refractivity contribution in [3.63, 3.8) is 0 Å². The van der Waals surface area contributed by atoms with Crippen LogP contribution < -0.4 is 26.1 Å². The van der Waals surface area contributed by atoms with Crippen molar-refractivity contribution >= 4 is 46.6 Å². The summed E-state index contributed by atoms with van der Waals surface area (Å²) in [7, 11) is 1.77. The van der Waals surface area contributed by atoms with Gasteiger partial charge in [0.1, 0.15) is 0 Å². The van der Waals surface area contributed by atoms with Gasteiger partial charge in [-0.25, -0.2) is 4.98 Å². The summed E-state index contributed by atoms with van der Waals surface area (Å²) in [6.07, 6.45) is 7.45. The second-order valence-electron chi connectivity index (χ2n) is 13.5. The molecule has 3 aliphatic rings. The molecule has 1 spiro atoms. The van der Waals surface area contributed by atoms with E-state index in [4.69, 9.17) is 21.6 Å². The van der Waals surface area contributed by atoms with E-state index in [0.717, 1.165) is 23.2 Å². The van der Waals surface area contributed by atoms with Crippen LogP contribution >= 0.6 is 0 Å². The molecule has 2 fully saturated rings. The number of nitrogens with two attached hydrogens (primary N) is 2. The normalized spacial score (nSPS) is 20.0. The Kier molecular flexibility index (Phi) is 10.1. The molecular formula is C38H46N9O3+. The highest BCUT2D eigenvalue weighted by molar-refractivity contribution is 6.15. The van der Waals surface area contributed by atoms with Crippen LogP contribution in [-0.4, -0.2) is 96.9 Å². The molecule has 12 heteroatoms. The molecule has 2 saturated heterocycles. The van der Waals surface area contributed by atoms with Gasteiger partial charge in [-0.05, 0) is 92.2 Å². The first-order valence-corrected chi connectivity index (χ1v) is 17.1. The quantitative estimate of drug-likeness (QED) is 0.145. The lowest BCUT2D eigenvalue weighted by molar-refractivity contribution is -0.414. The number of amidine groups is 1. The van der Waals surface area contributed by atoms with Crippen LogP contribution in [0.3, 0.4) is 0 Å². The molecule has 2 aromatic carbocycles. The summed E-state index contributed by atoms with van der Waals surface area (Å²) in [5, 5.41) is 8.92. The number of carbonyl (C=O) groups is 2. The molecule has 0 aliphatic carbocycles. The van der Waals surface area contributed by atoms with E-state index in [-0.39, 0.29) is 23.6 Å². The number of pyridine rings is 1. The van der Waals surface area contributed by atoms with Crippen molar-refractivity contribution < 1.29 is 19.3 Å². The van der Waals surface area contributed by atoms with Gasteiger partial charge >= 0.3 is 0 Å². The predicted molar refractivity (Wildman–Crippen MR) is 197 cm³/mol. The first kappa shape index (κ1) is 34.5. The van der Waals surface area contributed by atoms with Gasteiger partial charge in [0, 0.05) is 66.5 Å². The van der Waals surface area contributed by atoms with Gasteiger partial charge in [-0.2, -0.15) is 0 Å². The Morgan fingerprint density at radius 1 is 1.10 bits per heavy atom. The second kappa shape index (κ2) is 14.6. The number of nitrogens with one attached hydrogen (secondary N) is 2. The molecule has 6 rings (SSSR count). The lowest BCUT2D eigenvalue weighted by Crippen LogP contribution is -2.62. The fourth-order valence-corrected chi connectivity index (χ4v) is 7.01. The predicted octanol–water partition coefficient (Wildman–Crippen LogP) is 2.06. The summed E-state index contributed by atoms with van der Waals surface area (Å²) >= 11 is 0. The SMILES string of the molecule is C[NH+]=CN=C(N)c1ccc(C2=CCN(C(=O)CN3CC[C@]4(CCN(c5ccc(N)c(C(=N)c6ccnc(OC(C)C)c6)c5)C4=O)C3)CC2)cc1. The van der Waals surface area contributed by atoms with Crippen molar-refractivity contribution in [1.82, 2.24) is 14.8 Å². The molecule has 2 amide bonds. The van der Waals surface area contributed by atoms with Gasteiger partial charge in [-0.1, -0.05) is 18.2 Å². The van der Waals surface area contributed by atoms with Crippen LogP contribution in [0.1, 0.15) is 55.4 Å². The van der Waals surface area contributed by atoms with Crippen molar-refractivity contribution in [2.75, 3.05) is 56.9 Å². The van der Waals surface area contributed by atoms with Gasteiger partial charge in [0.15, 0.2) is 0 Å². The van der Waals surface area contributed by atoms with Crippen molar-refractivity contribution in [3.8, 4) is 5.88 Å². The van der Waals surface area contributed by atoms with Crippen molar-refractivity contribution in [2.45, 2.75) is 39.2 Å². The largest absolute Gasteiger partial charge is 0.475 e. The van der Waals surface area contributed by atoms with E-state index in [1.54, 1.807) is 37.8 Å². The first-order valence-electron chi connectivity index (χ1n) is 17.1. The number of nitrogens with zero attached hydrogens (tertiary/aromatic N) is 5. The van der Waals surface area contributed by atoms with Crippen molar-refractivity contribution in [3.05, 3.63) is 89.1 Å². The third kappa shape index (κ3) is 7.30. The van der Waals surface area contributed by atoms with Gasteiger partial charge in [0.25, 0.3) is 6.34 Å². The number of ether oxygens (including phenoxy) is 1. The molecule has 1 aromatic heterocycles. The van der Waals surface area contributed by atoms with Gasteiger partial charge in [-0.15, -0.1) is 0 Å². The summed E-state index contributed by atoms with van der Waals surface area (Å²) in [6, 6.07) is 16.9. The maximum atomic E-state index is 14.0. The number of benzene rings is 2. The topological polar surface area (TPSA) is 168 Å². The molecule has 1 atom stereocenters. The van der Waals surface area contributed by atoms with Crippen LogP contribution in [0.2, 0.25) is 0 Å². The highest BCUT2D eigenvalue weighted by Gasteiger charge is 2.51. The molecule has 260 valence electrons. The zero-order valence-corrected chi connectivity index (χ0v) is 29.0. The van der Waals surface area contributed by atoms with Gasteiger partial charge < -0.3 is 26.0 Å². The average molecular weight is 677 g/mol. The second-order valence-corrected chi connectivity index (χ2v) is 13.5. The number of rotatable bonds is 10. The Hall–Kier alpha value is -5.36. The molecule has 0 bridgehead atoms. The third-order valence-electron chi connectivity index (χ3n) is 9.75.